The molecular weight excluding hydrogens is 501 g/mol. The van der Waals surface area contributed by atoms with E-state index < -0.39 is 0 Å². The summed E-state index contributed by atoms with van der Waals surface area (Å²) in [5.74, 6) is 0.801. The molecule has 0 bridgehead atoms. The number of amides is 1. The molecule has 0 atom stereocenters. The quantitative estimate of drug-likeness (QED) is 0.244. The monoisotopic (exact) mass is 533 g/mol. The van der Waals surface area contributed by atoms with E-state index in [9.17, 15) is 4.79 Å². The summed E-state index contributed by atoms with van der Waals surface area (Å²) in [5, 5.41) is 8.03. The number of aromatic amines is 1. The largest absolute Gasteiger partial charge is 0.361 e. The lowest BCUT2D eigenvalue weighted by atomic mass is 10.1. The molecule has 0 radical (unpaired) electrons. The van der Waals surface area contributed by atoms with Gasteiger partial charge in [0.05, 0.1) is 6.54 Å². The first-order valence-corrected chi connectivity index (χ1v) is 10.4. The zero-order valence-electron chi connectivity index (χ0n) is 18.7. The maximum atomic E-state index is 12.0. The molecule has 0 fully saturated rings. The number of benzene rings is 2. The number of halogens is 1. The first kappa shape index (κ1) is 24.7. The fourth-order valence-electron chi connectivity index (χ4n) is 3.49. The Hall–Kier alpha value is -2.55. The Morgan fingerprint density at radius 1 is 1.10 bits per heavy atom. The van der Waals surface area contributed by atoms with E-state index >= 15 is 0 Å². The first-order valence-electron chi connectivity index (χ1n) is 10.4. The lowest BCUT2D eigenvalue weighted by Crippen LogP contribution is -2.38. The predicted molar refractivity (Wildman–Crippen MR) is 139 cm³/mol. The van der Waals surface area contributed by atoms with Crippen LogP contribution in [0.4, 0.5) is 0 Å². The number of rotatable bonds is 7. The summed E-state index contributed by atoms with van der Waals surface area (Å²) in [4.78, 5) is 21.6. The maximum absolute atomic E-state index is 12.0. The Bertz CT molecular complexity index is 1020. The highest BCUT2D eigenvalue weighted by molar-refractivity contribution is 14.0. The number of hydrogen-bond acceptors (Lipinski definition) is 2. The van der Waals surface area contributed by atoms with E-state index in [1.165, 1.54) is 22.0 Å². The predicted octanol–water partition coefficient (Wildman–Crippen LogP) is 4.09. The Kier molecular flexibility index (Phi) is 9.36. The highest BCUT2D eigenvalue weighted by Crippen LogP contribution is 2.22. The van der Waals surface area contributed by atoms with Crippen molar-refractivity contribution in [2.45, 2.75) is 26.8 Å². The third-order valence-electron chi connectivity index (χ3n) is 5.05. The van der Waals surface area contributed by atoms with Gasteiger partial charge in [-0.3, -0.25) is 4.79 Å². The van der Waals surface area contributed by atoms with Crippen molar-refractivity contribution in [3.8, 4) is 0 Å². The van der Waals surface area contributed by atoms with Gasteiger partial charge in [0.2, 0.25) is 0 Å². The number of nitrogens with one attached hydrogen (secondary N) is 3. The highest BCUT2D eigenvalue weighted by atomic mass is 127. The molecule has 1 aromatic heterocycles. The Morgan fingerprint density at radius 3 is 2.52 bits per heavy atom. The summed E-state index contributed by atoms with van der Waals surface area (Å²) in [6.07, 6.45) is 3.01. The standard InChI is InChI=1S/C24H31N5O.HI/c1-5-25-24(28-15-18-9-11-19(12-10-18)23(30)29(3)4)26-14-13-20-16-27-21-8-6-7-17(2)22(20)21;/h6-12,16,27H,5,13-15H2,1-4H3,(H2,25,26,28);1H. The minimum Gasteiger partial charge on any atom is -0.361 e. The van der Waals surface area contributed by atoms with Gasteiger partial charge in [-0.2, -0.15) is 0 Å². The molecule has 2 aromatic carbocycles. The number of aliphatic imine (C=N–C) groups is 1. The molecule has 31 heavy (non-hydrogen) atoms. The zero-order chi connectivity index (χ0) is 21.5. The van der Waals surface area contributed by atoms with Crippen molar-refractivity contribution in [1.82, 2.24) is 20.5 Å². The molecule has 1 heterocycles. The van der Waals surface area contributed by atoms with E-state index in [1.54, 1.807) is 19.0 Å². The molecule has 6 nitrogen and oxygen atoms in total. The molecule has 3 aromatic rings. The number of nitrogens with zero attached hydrogens (tertiary/aromatic N) is 2. The van der Waals surface area contributed by atoms with Crippen molar-refractivity contribution in [2.75, 3.05) is 27.2 Å². The van der Waals surface area contributed by atoms with E-state index in [1.807, 2.05) is 24.3 Å². The lowest BCUT2D eigenvalue weighted by Gasteiger charge is -2.12. The summed E-state index contributed by atoms with van der Waals surface area (Å²) in [6.45, 7) is 6.35. The number of aryl methyl sites for hydroxylation is 1. The van der Waals surface area contributed by atoms with Crippen LogP contribution in [0.15, 0.2) is 53.7 Å². The number of fused-ring (bicyclic) bond motifs is 1. The van der Waals surface area contributed by atoms with Crippen LogP contribution in [0.25, 0.3) is 10.9 Å². The summed E-state index contributed by atoms with van der Waals surface area (Å²) >= 11 is 0. The highest BCUT2D eigenvalue weighted by Gasteiger charge is 2.08. The topological polar surface area (TPSA) is 72.5 Å². The van der Waals surface area contributed by atoms with E-state index in [4.69, 9.17) is 0 Å². The van der Waals surface area contributed by atoms with Crippen LogP contribution in [0.1, 0.15) is 34.0 Å². The molecule has 0 aliphatic rings. The normalized spacial score (nSPS) is 11.2. The van der Waals surface area contributed by atoms with Crippen LogP contribution in [0, 0.1) is 6.92 Å². The number of guanidine groups is 1. The Balaban J connectivity index is 0.00000341. The van der Waals surface area contributed by atoms with Crippen molar-refractivity contribution in [3.05, 3.63) is 70.9 Å². The van der Waals surface area contributed by atoms with E-state index in [0.717, 1.165) is 31.0 Å². The molecule has 166 valence electrons. The van der Waals surface area contributed by atoms with Crippen LogP contribution in [-0.2, 0) is 13.0 Å². The van der Waals surface area contributed by atoms with Gasteiger partial charge in [-0.15, -0.1) is 24.0 Å². The molecular formula is C24H32IN5O. The van der Waals surface area contributed by atoms with Crippen molar-refractivity contribution in [1.29, 1.82) is 0 Å². The van der Waals surface area contributed by atoms with Crippen molar-refractivity contribution in [2.24, 2.45) is 4.99 Å². The third-order valence-corrected chi connectivity index (χ3v) is 5.05. The van der Waals surface area contributed by atoms with Gasteiger partial charge < -0.3 is 20.5 Å². The smallest absolute Gasteiger partial charge is 0.253 e. The van der Waals surface area contributed by atoms with Gasteiger partial charge in [0.15, 0.2) is 5.96 Å². The van der Waals surface area contributed by atoms with Gasteiger partial charge in [-0.1, -0.05) is 24.3 Å². The second kappa shape index (κ2) is 11.7. The van der Waals surface area contributed by atoms with Gasteiger partial charge in [0.1, 0.15) is 0 Å². The molecule has 3 rings (SSSR count). The second-order valence-electron chi connectivity index (χ2n) is 7.58. The van der Waals surface area contributed by atoms with Gasteiger partial charge in [0, 0.05) is 49.8 Å². The van der Waals surface area contributed by atoms with Crippen LogP contribution < -0.4 is 10.6 Å². The van der Waals surface area contributed by atoms with Crippen LogP contribution in [0.3, 0.4) is 0 Å². The number of H-pyrrole nitrogens is 1. The molecule has 0 saturated carbocycles. The first-order chi connectivity index (χ1) is 14.5. The third kappa shape index (κ3) is 6.46. The summed E-state index contributed by atoms with van der Waals surface area (Å²) in [6, 6.07) is 14.0. The van der Waals surface area contributed by atoms with Gasteiger partial charge in [0.25, 0.3) is 5.91 Å². The number of carbonyl (C=O) groups excluding carboxylic acids is 1. The van der Waals surface area contributed by atoms with E-state index in [0.29, 0.717) is 12.1 Å². The van der Waals surface area contributed by atoms with Crippen LogP contribution in [0.2, 0.25) is 0 Å². The van der Waals surface area contributed by atoms with Crippen LogP contribution >= 0.6 is 24.0 Å². The SMILES string of the molecule is CCNC(=NCc1ccc(C(=O)N(C)C)cc1)NCCc1c[nH]c2cccc(C)c12.I. The summed E-state index contributed by atoms with van der Waals surface area (Å²) < 4.78 is 0. The fraction of sp³-hybridized carbons (Fsp3) is 0.333. The molecule has 1 amide bonds. The second-order valence-corrected chi connectivity index (χ2v) is 7.58. The molecule has 3 N–H and O–H groups in total. The van der Waals surface area contributed by atoms with E-state index in [2.05, 4.69) is 58.9 Å². The van der Waals surface area contributed by atoms with Crippen LogP contribution in [0.5, 0.6) is 0 Å². The number of aromatic nitrogens is 1. The molecule has 7 heteroatoms. The molecule has 0 saturated heterocycles. The number of carbonyl (C=O) groups is 1. The minimum atomic E-state index is 0. The van der Waals surface area contributed by atoms with Gasteiger partial charge >= 0.3 is 0 Å². The van der Waals surface area contributed by atoms with E-state index in [-0.39, 0.29) is 29.9 Å². The average Bonchev–Trinajstić information content (AvgIpc) is 3.16. The molecule has 0 aliphatic carbocycles. The Labute approximate surface area is 201 Å². The van der Waals surface area contributed by atoms with Crippen molar-refractivity contribution >= 4 is 46.7 Å². The summed E-state index contributed by atoms with van der Waals surface area (Å²) in [7, 11) is 3.51. The fourth-order valence-corrected chi connectivity index (χ4v) is 3.49. The van der Waals surface area contributed by atoms with Crippen molar-refractivity contribution in [3.63, 3.8) is 0 Å². The minimum absolute atomic E-state index is 0. The summed E-state index contributed by atoms with van der Waals surface area (Å²) in [5.41, 5.74) is 5.54. The molecule has 0 unspecified atom stereocenters. The lowest BCUT2D eigenvalue weighted by molar-refractivity contribution is 0.0827. The van der Waals surface area contributed by atoms with Crippen LogP contribution in [-0.4, -0.2) is 48.9 Å². The van der Waals surface area contributed by atoms with Gasteiger partial charge in [-0.25, -0.2) is 4.99 Å². The van der Waals surface area contributed by atoms with Gasteiger partial charge in [-0.05, 0) is 55.2 Å². The maximum Gasteiger partial charge on any atom is 0.253 e. The molecule has 0 spiro atoms. The zero-order valence-corrected chi connectivity index (χ0v) is 21.0. The van der Waals surface area contributed by atoms with Crippen molar-refractivity contribution < 1.29 is 4.79 Å². The average molecular weight is 533 g/mol. The Morgan fingerprint density at radius 2 is 1.84 bits per heavy atom. The molecule has 0 aliphatic heterocycles. The number of hydrogen-bond donors (Lipinski definition) is 3.